The first-order valence-electron chi connectivity index (χ1n) is 12.3. The van der Waals surface area contributed by atoms with E-state index in [2.05, 4.69) is 31.0 Å². The summed E-state index contributed by atoms with van der Waals surface area (Å²) in [6.07, 6.45) is 9.33. The lowest BCUT2D eigenvalue weighted by atomic mass is 9.86. The number of hydrogen-bond acceptors (Lipinski definition) is 8. The summed E-state index contributed by atoms with van der Waals surface area (Å²) in [7, 11) is -3.41. The molecule has 0 amide bonds. The molecule has 6 rings (SSSR count). The monoisotopic (exact) mass is 523 g/mol. The van der Waals surface area contributed by atoms with Crippen LogP contribution in [0.1, 0.15) is 55.1 Å². The van der Waals surface area contributed by atoms with Crippen LogP contribution in [0, 0.1) is 6.92 Å². The summed E-state index contributed by atoms with van der Waals surface area (Å²) >= 11 is 1.62. The Morgan fingerprint density at radius 1 is 1.00 bits per heavy atom. The van der Waals surface area contributed by atoms with Crippen LogP contribution < -0.4 is 10.6 Å². The first-order chi connectivity index (χ1) is 17.5. The van der Waals surface area contributed by atoms with E-state index in [9.17, 15) is 8.42 Å². The SMILES string of the molecule is Cc1cc(Nc2ccc(-c3cnc(C4CCC(Nc5cc[nH]n5)CC4)s3)c(S(=O)(=O)C3CC3)c2)n[nH]1. The Labute approximate surface area is 214 Å². The van der Waals surface area contributed by atoms with E-state index in [0.29, 0.717) is 28.4 Å². The molecule has 4 aromatic rings. The molecule has 11 heteroatoms. The summed E-state index contributed by atoms with van der Waals surface area (Å²) in [5, 5.41) is 21.7. The van der Waals surface area contributed by atoms with Gasteiger partial charge in [-0.25, -0.2) is 13.4 Å². The van der Waals surface area contributed by atoms with Gasteiger partial charge in [-0.2, -0.15) is 10.2 Å². The van der Waals surface area contributed by atoms with Crippen LogP contribution in [-0.4, -0.2) is 45.1 Å². The number of hydrogen-bond donors (Lipinski definition) is 4. The highest BCUT2D eigenvalue weighted by atomic mass is 32.2. The molecule has 0 bridgehead atoms. The number of nitrogens with zero attached hydrogens (tertiary/aromatic N) is 3. The number of anilines is 3. The van der Waals surface area contributed by atoms with Gasteiger partial charge in [0.25, 0.3) is 0 Å². The molecular formula is C25H29N7O2S2. The van der Waals surface area contributed by atoms with Gasteiger partial charge >= 0.3 is 0 Å². The van der Waals surface area contributed by atoms with Crippen LogP contribution >= 0.6 is 11.3 Å². The minimum atomic E-state index is -3.41. The average molecular weight is 524 g/mol. The second-order valence-electron chi connectivity index (χ2n) is 9.73. The Hall–Kier alpha value is -3.18. The quantitative estimate of drug-likeness (QED) is 0.244. The van der Waals surface area contributed by atoms with Gasteiger partial charge in [-0.3, -0.25) is 10.2 Å². The fourth-order valence-electron chi connectivity index (χ4n) is 4.86. The zero-order valence-corrected chi connectivity index (χ0v) is 21.6. The third-order valence-corrected chi connectivity index (χ3v) is 10.4. The summed E-state index contributed by atoms with van der Waals surface area (Å²) in [6, 6.07) is 9.81. The van der Waals surface area contributed by atoms with Crippen LogP contribution in [0.5, 0.6) is 0 Å². The minimum Gasteiger partial charge on any atom is -0.366 e. The van der Waals surface area contributed by atoms with E-state index in [4.69, 9.17) is 4.98 Å². The van der Waals surface area contributed by atoms with Crippen LogP contribution in [0.25, 0.3) is 10.4 Å². The maximum atomic E-state index is 13.4. The van der Waals surface area contributed by atoms with Crippen LogP contribution in [0.4, 0.5) is 17.3 Å². The summed E-state index contributed by atoms with van der Waals surface area (Å²) in [5.41, 5.74) is 2.38. The van der Waals surface area contributed by atoms with E-state index in [-0.39, 0.29) is 5.25 Å². The molecule has 3 aromatic heterocycles. The molecule has 2 aliphatic carbocycles. The molecule has 188 valence electrons. The number of aromatic amines is 2. The second-order valence-corrected chi connectivity index (χ2v) is 13.0. The normalized spacial score (nSPS) is 20.4. The number of thiazole rings is 1. The summed E-state index contributed by atoms with van der Waals surface area (Å²) in [5.74, 6) is 1.94. The van der Waals surface area contributed by atoms with Gasteiger partial charge in [0.1, 0.15) is 5.82 Å². The number of aryl methyl sites for hydroxylation is 1. The number of rotatable bonds is 8. The molecule has 2 aliphatic rings. The molecule has 2 saturated carbocycles. The van der Waals surface area contributed by atoms with Crippen LogP contribution in [0.15, 0.2) is 47.6 Å². The minimum absolute atomic E-state index is 0.288. The van der Waals surface area contributed by atoms with Crippen molar-refractivity contribution >= 4 is 38.5 Å². The number of aromatic nitrogens is 5. The lowest BCUT2D eigenvalue weighted by Crippen LogP contribution is -2.25. The number of H-pyrrole nitrogens is 2. The second kappa shape index (κ2) is 9.36. The topological polar surface area (TPSA) is 128 Å². The maximum Gasteiger partial charge on any atom is 0.181 e. The number of sulfone groups is 1. The molecule has 2 fully saturated rings. The summed E-state index contributed by atoms with van der Waals surface area (Å²) in [6.45, 7) is 1.92. The van der Waals surface area contributed by atoms with Gasteiger partial charge in [0.2, 0.25) is 0 Å². The predicted molar refractivity (Wildman–Crippen MR) is 142 cm³/mol. The average Bonchev–Trinajstić information content (AvgIpc) is 3.22. The van der Waals surface area contributed by atoms with Crippen molar-refractivity contribution in [1.82, 2.24) is 25.4 Å². The largest absolute Gasteiger partial charge is 0.366 e. The fraction of sp³-hybridized carbons (Fsp3) is 0.400. The molecule has 0 unspecified atom stereocenters. The third-order valence-electron chi connectivity index (χ3n) is 6.95. The summed E-state index contributed by atoms with van der Waals surface area (Å²) < 4.78 is 26.8. The summed E-state index contributed by atoms with van der Waals surface area (Å²) in [4.78, 5) is 6.03. The fourth-order valence-corrected chi connectivity index (χ4v) is 7.94. The van der Waals surface area contributed by atoms with Crippen molar-refractivity contribution in [3.05, 3.63) is 53.4 Å². The molecule has 4 N–H and O–H groups in total. The molecule has 3 heterocycles. The van der Waals surface area contributed by atoms with E-state index >= 15 is 0 Å². The Bertz CT molecular complexity index is 1450. The Balaban J connectivity index is 1.23. The smallest absolute Gasteiger partial charge is 0.181 e. The van der Waals surface area contributed by atoms with E-state index in [0.717, 1.165) is 65.5 Å². The van der Waals surface area contributed by atoms with Crippen molar-refractivity contribution in [2.75, 3.05) is 10.6 Å². The van der Waals surface area contributed by atoms with E-state index in [1.54, 1.807) is 17.4 Å². The Morgan fingerprint density at radius 2 is 1.83 bits per heavy atom. The van der Waals surface area contributed by atoms with Crippen molar-refractivity contribution in [2.45, 2.75) is 67.6 Å². The lowest BCUT2D eigenvalue weighted by molar-refractivity contribution is 0.411. The Morgan fingerprint density at radius 3 is 2.53 bits per heavy atom. The number of nitrogens with one attached hydrogen (secondary N) is 4. The van der Waals surface area contributed by atoms with Crippen molar-refractivity contribution in [3.8, 4) is 10.4 Å². The molecule has 0 aliphatic heterocycles. The van der Waals surface area contributed by atoms with E-state index in [1.165, 1.54) is 0 Å². The van der Waals surface area contributed by atoms with Gasteiger partial charge < -0.3 is 10.6 Å². The van der Waals surface area contributed by atoms with Gasteiger partial charge in [0.05, 0.1) is 20.0 Å². The van der Waals surface area contributed by atoms with Gasteiger partial charge in [0, 0.05) is 47.4 Å². The standard InChI is InChI=1S/C25H29N7O2S2/c1-15-12-24(32-30-15)29-18-6-9-20(22(13-18)36(33,34)19-7-8-19)21-14-26-25(35-21)16-2-4-17(5-3-16)28-23-10-11-27-31-23/h6,9-14,16-17,19H,2-5,7-8H2,1H3,(H2,27,28,31)(H2,29,30,32). The molecule has 0 atom stereocenters. The molecule has 0 spiro atoms. The van der Waals surface area contributed by atoms with Crippen molar-refractivity contribution in [3.63, 3.8) is 0 Å². The van der Waals surface area contributed by atoms with Gasteiger partial charge in [-0.05, 0) is 63.6 Å². The van der Waals surface area contributed by atoms with Crippen LogP contribution in [0.2, 0.25) is 0 Å². The third kappa shape index (κ3) is 4.77. The molecule has 1 aromatic carbocycles. The number of benzene rings is 1. The van der Waals surface area contributed by atoms with Gasteiger partial charge in [-0.1, -0.05) is 6.07 Å². The first-order valence-corrected chi connectivity index (χ1v) is 14.7. The molecule has 9 nitrogen and oxygen atoms in total. The Kier molecular flexibility index (Phi) is 6.04. The highest BCUT2D eigenvalue weighted by molar-refractivity contribution is 7.92. The molecule has 0 saturated heterocycles. The maximum absolute atomic E-state index is 13.4. The van der Waals surface area contributed by atoms with E-state index in [1.807, 2.05) is 43.6 Å². The predicted octanol–water partition coefficient (Wildman–Crippen LogP) is 5.38. The highest BCUT2D eigenvalue weighted by Gasteiger charge is 2.38. The van der Waals surface area contributed by atoms with E-state index < -0.39 is 9.84 Å². The van der Waals surface area contributed by atoms with Crippen molar-refractivity contribution < 1.29 is 8.42 Å². The van der Waals surface area contributed by atoms with Crippen molar-refractivity contribution in [1.29, 1.82) is 0 Å². The van der Waals surface area contributed by atoms with Crippen LogP contribution in [-0.2, 0) is 9.84 Å². The highest BCUT2D eigenvalue weighted by Crippen LogP contribution is 2.43. The van der Waals surface area contributed by atoms with Crippen LogP contribution in [0.3, 0.4) is 0 Å². The van der Waals surface area contributed by atoms with Gasteiger partial charge in [0.15, 0.2) is 15.7 Å². The van der Waals surface area contributed by atoms with Gasteiger partial charge in [-0.15, -0.1) is 11.3 Å². The molecule has 0 radical (unpaired) electrons. The first kappa shape index (κ1) is 23.2. The molecule has 36 heavy (non-hydrogen) atoms. The zero-order valence-electron chi connectivity index (χ0n) is 20.0. The van der Waals surface area contributed by atoms with Crippen molar-refractivity contribution in [2.24, 2.45) is 0 Å². The lowest BCUT2D eigenvalue weighted by Gasteiger charge is -2.27. The zero-order chi connectivity index (χ0) is 24.7. The molecular weight excluding hydrogens is 494 g/mol.